The fourth-order valence-electron chi connectivity index (χ4n) is 2.02. The van der Waals surface area contributed by atoms with Crippen LogP contribution in [-0.2, 0) is 11.2 Å². The third kappa shape index (κ3) is 2.09. The van der Waals surface area contributed by atoms with E-state index in [1.165, 1.54) is 6.92 Å². The van der Waals surface area contributed by atoms with E-state index in [0.717, 1.165) is 0 Å². The monoisotopic (exact) mass is 266 g/mol. The number of anilines is 1. The Morgan fingerprint density at radius 2 is 2.17 bits per heavy atom. The van der Waals surface area contributed by atoms with Crippen molar-refractivity contribution in [2.24, 2.45) is 5.16 Å². The van der Waals surface area contributed by atoms with E-state index in [2.05, 4.69) is 10.5 Å². The molecule has 0 saturated heterocycles. The molecule has 0 spiro atoms. The van der Waals surface area contributed by atoms with Crippen molar-refractivity contribution in [3.63, 3.8) is 0 Å². The topological polar surface area (TPSA) is 78.8 Å². The molecule has 1 aliphatic carbocycles. The molecule has 0 aliphatic heterocycles. The molecule has 0 heterocycles. The summed E-state index contributed by atoms with van der Waals surface area (Å²) >= 11 is 6.04. The van der Waals surface area contributed by atoms with Gasteiger partial charge in [-0.25, -0.2) is 0 Å². The van der Waals surface area contributed by atoms with Crippen LogP contribution in [0.25, 0.3) is 0 Å². The molecule has 1 amide bonds. The first-order chi connectivity index (χ1) is 8.54. The lowest BCUT2D eigenvalue weighted by molar-refractivity contribution is -0.114. The molecule has 0 radical (unpaired) electrons. The smallest absolute Gasteiger partial charge is 0.221 e. The van der Waals surface area contributed by atoms with Crippen LogP contribution in [0.1, 0.15) is 29.3 Å². The van der Waals surface area contributed by atoms with Gasteiger partial charge in [-0.05, 0) is 24.1 Å². The van der Waals surface area contributed by atoms with Crippen molar-refractivity contribution >= 4 is 34.7 Å². The van der Waals surface area contributed by atoms with Crippen LogP contribution in [0.15, 0.2) is 17.3 Å². The van der Waals surface area contributed by atoms with Gasteiger partial charge in [0, 0.05) is 18.4 Å². The number of benzene rings is 1. The van der Waals surface area contributed by atoms with E-state index < -0.39 is 5.78 Å². The number of fused-ring (bicyclic) bond motifs is 1. The Balaban J connectivity index is 2.60. The standard InChI is InChI=1S/C12H11ClN2O3/c1-6(16)14-9-5-3-8(13)7-2-4-10(15-18)12(17)11(7)9/h3,5,18H,2,4H2,1H3,(H,14,16). The number of nitrogens with one attached hydrogen (secondary N) is 1. The first-order valence-corrected chi connectivity index (χ1v) is 5.77. The Morgan fingerprint density at radius 3 is 2.78 bits per heavy atom. The van der Waals surface area contributed by atoms with Gasteiger partial charge in [0.05, 0.1) is 11.3 Å². The first kappa shape index (κ1) is 12.6. The zero-order valence-electron chi connectivity index (χ0n) is 9.66. The number of carbonyl (C=O) groups excluding carboxylic acids is 2. The summed E-state index contributed by atoms with van der Waals surface area (Å²) in [5.41, 5.74) is 1.47. The Hall–Kier alpha value is -1.88. The highest BCUT2D eigenvalue weighted by Crippen LogP contribution is 2.32. The molecule has 6 heteroatoms. The molecule has 0 bridgehead atoms. The van der Waals surface area contributed by atoms with Crippen LogP contribution in [0.5, 0.6) is 0 Å². The van der Waals surface area contributed by atoms with Crippen LogP contribution in [0, 0.1) is 0 Å². The van der Waals surface area contributed by atoms with E-state index in [4.69, 9.17) is 16.8 Å². The van der Waals surface area contributed by atoms with E-state index in [0.29, 0.717) is 34.7 Å². The minimum Gasteiger partial charge on any atom is -0.411 e. The number of ketones is 1. The molecule has 0 fully saturated rings. The Morgan fingerprint density at radius 1 is 1.44 bits per heavy atom. The quantitative estimate of drug-likeness (QED) is 0.604. The number of nitrogens with zero attached hydrogens (tertiary/aromatic N) is 1. The Bertz CT molecular complexity index is 567. The molecular formula is C12H11ClN2O3. The summed E-state index contributed by atoms with van der Waals surface area (Å²) in [6.07, 6.45) is 0.846. The van der Waals surface area contributed by atoms with Gasteiger partial charge in [-0.15, -0.1) is 0 Å². The Kier molecular flexibility index (Phi) is 3.34. The first-order valence-electron chi connectivity index (χ1n) is 5.39. The number of hydrogen-bond acceptors (Lipinski definition) is 4. The number of oxime groups is 1. The predicted octanol–water partition coefficient (Wildman–Crippen LogP) is 2.26. The van der Waals surface area contributed by atoms with E-state index in [1.54, 1.807) is 12.1 Å². The lowest BCUT2D eigenvalue weighted by Gasteiger charge is -2.20. The number of halogens is 1. The Labute approximate surface area is 108 Å². The van der Waals surface area contributed by atoms with Crippen molar-refractivity contribution in [3.05, 3.63) is 28.3 Å². The normalized spacial score (nSPS) is 16.6. The van der Waals surface area contributed by atoms with Gasteiger partial charge in [0.2, 0.25) is 11.7 Å². The lowest BCUT2D eigenvalue weighted by Crippen LogP contribution is -2.25. The van der Waals surface area contributed by atoms with Gasteiger partial charge >= 0.3 is 0 Å². The molecule has 18 heavy (non-hydrogen) atoms. The summed E-state index contributed by atoms with van der Waals surface area (Å²) in [6.45, 7) is 1.36. The molecule has 5 nitrogen and oxygen atoms in total. The summed E-state index contributed by atoms with van der Waals surface area (Å²) in [4.78, 5) is 23.2. The largest absolute Gasteiger partial charge is 0.411 e. The fraction of sp³-hybridized carbons (Fsp3) is 0.250. The number of hydrogen-bond donors (Lipinski definition) is 2. The maximum absolute atomic E-state index is 12.1. The SMILES string of the molecule is CC(=O)Nc1ccc(Cl)c2c1C(=O)C(=NO)CC2. The zero-order valence-corrected chi connectivity index (χ0v) is 10.4. The number of Topliss-reactive ketones (excluding diaryl/α,β-unsaturated/α-hetero) is 1. The third-order valence-corrected chi connectivity index (χ3v) is 3.14. The average Bonchev–Trinajstić information content (AvgIpc) is 2.32. The van der Waals surface area contributed by atoms with Crippen LogP contribution in [-0.4, -0.2) is 22.6 Å². The van der Waals surface area contributed by atoms with Crippen LogP contribution in [0.3, 0.4) is 0 Å². The van der Waals surface area contributed by atoms with E-state index in [1.807, 2.05) is 0 Å². The second-order valence-electron chi connectivity index (χ2n) is 4.01. The highest BCUT2D eigenvalue weighted by molar-refractivity contribution is 6.49. The van der Waals surface area contributed by atoms with Crippen molar-refractivity contribution in [3.8, 4) is 0 Å². The minimum atomic E-state index is -0.398. The fourth-order valence-corrected chi connectivity index (χ4v) is 2.27. The van der Waals surface area contributed by atoms with Gasteiger partial charge in [-0.3, -0.25) is 9.59 Å². The summed E-state index contributed by atoms with van der Waals surface area (Å²) in [5.74, 6) is -0.676. The maximum Gasteiger partial charge on any atom is 0.221 e. The van der Waals surface area contributed by atoms with Gasteiger partial charge < -0.3 is 10.5 Å². The second-order valence-corrected chi connectivity index (χ2v) is 4.41. The van der Waals surface area contributed by atoms with Gasteiger partial charge in [0.15, 0.2) is 0 Å². The predicted molar refractivity (Wildman–Crippen MR) is 67.6 cm³/mol. The molecule has 2 rings (SSSR count). The van der Waals surface area contributed by atoms with Gasteiger partial charge in [0.1, 0.15) is 5.71 Å². The molecule has 2 N–H and O–H groups in total. The van der Waals surface area contributed by atoms with Crippen LogP contribution >= 0.6 is 11.6 Å². The van der Waals surface area contributed by atoms with E-state index >= 15 is 0 Å². The highest BCUT2D eigenvalue weighted by atomic mass is 35.5. The van der Waals surface area contributed by atoms with Crippen molar-refractivity contribution in [2.75, 3.05) is 5.32 Å². The average molecular weight is 267 g/mol. The van der Waals surface area contributed by atoms with Crippen LogP contribution < -0.4 is 5.32 Å². The molecule has 94 valence electrons. The molecule has 0 unspecified atom stereocenters. The van der Waals surface area contributed by atoms with Gasteiger partial charge in [0.25, 0.3) is 0 Å². The van der Waals surface area contributed by atoms with Crippen molar-refractivity contribution < 1.29 is 14.8 Å². The van der Waals surface area contributed by atoms with Crippen molar-refractivity contribution in [1.82, 2.24) is 0 Å². The summed E-state index contributed by atoms with van der Waals surface area (Å²) in [5, 5.41) is 14.8. The third-order valence-electron chi connectivity index (χ3n) is 2.79. The van der Waals surface area contributed by atoms with E-state index in [-0.39, 0.29) is 11.6 Å². The molecule has 1 aromatic carbocycles. The maximum atomic E-state index is 12.1. The van der Waals surface area contributed by atoms with Gasteiger partial charge in [-0.2, -0.15) is 0 Å². The molecular weight excluding hydrogens is 256 g/mol. The minimum absolute atomic E-state index is 0.0800. The zero-order chi connectivity index (χ0) is 13.3. The van der Waals surface area contributed by atoms with Gasteiger partial charge in [-0.1, -0.05) is 16.8 Å². The second kappa shape index (κ2) is 4.78. The van der Waals surface area contributed by atoms with Crippen LogP contribution in [0.2, 0.25) is 5.02 Å². The molecule has 1 aliphatic rings. The molecule has 0 aromatic heterocycles. The number of rotatable bonds is 1. The van der Waals surface area contributed by atoms with Crippen molar-refractivity contribution in [1.29, 1.82) is 0 Å². The lowest BCUT2D eigenvalue weighted by atomic mass is 9.88. The number of carbonyl (C=O) groups is 2. The van der Waals surface area contributed by atoms with Crippen molar-refractivity contribution in [2.45, 2.75) is 19.8 Å². The van der Waals surface area contributed by atoms with E-state index in [9.17, 15) is 9.59 Å². The molecule has 1 aromatic rings. The summed E-state index contributed by atoms with van der Waals surface area (Å²) in [6, 6.07) is 3.21. The molecule has 0 atom stereocenters. The summed E-state index contributed by atoms with van der Waals surface area (Å²) in [7, 11) is 0. The molecule has 0 saturated carbocycles. The number of amides is 1. The summed E-state index contributed by atoms with van der Waals surface area (Å²) < 4.78 is 0. The highest BCUT2D eigenvalue weighted by Gasteiger charge is 2.28. The van der Waals surface area contributed by atoms with Crippen LogP contribution in [0.4, 0.5) is 5.69 Å².